The number of aliphatic hydroxyl groups is 1. The Morgan fingerprint density at radius 2 is 2.05 bits per heavy atom. The second-order valence-electron chi connectivity index (χ2n) is 6.60. The van der Waals surface area contributed by atoms with Crippen LogP contribution >= 0.6 is 0 Å². The fourth-order valence-corrected chi connectivity index (χ4v) is 4.93. The Morgan fingerprint density at radius 3 is 3.00 bits per heavy atom. The van der Waals surface area contributed by atoms with E-state index in [4.69, 9.17) is 0 Å². The van der Waals surface area contributed by atoms with Crippen molar-refractivity contribution in [3.05, 3.63) is 35.5 Å². The molecule has 1 N–H and O–H groups in total. The molecule has 104 valence electrons. The normalized spacial score (nSPS) is 32.4. The molecule has 0 radical (unpaired) electrons. The third-order valence-electron chi connectivity index (χ3n) is 5.66. The van der Waals surface area contributed by atoms with Crippen LogP contribution in [0.25, 0.3) is 10.9 Å². The van der Waals surface area contributed by atoms with Gasteiger partial charge in [-0.1, -0.05) is 18.2 Å². The monoisotopic (exact) mass is 268 g/mol. The maximum absolute atomic E-state index is 10.7. The number of piperidine rings is 1. The van der Waals surface area contributed by atoms with Crippen molar-refractivity contribution in [1.29, 1.82) is 0 Å². The number of nitrogens with zero attached hydrogens (tertiary/aromatic N) is 2. The van der Waals surface area contributed by atoms with Crippen LogP contribution in [0.2, 0.25) is 0 Å². The van der Waals surface area contributed by atoms with E-state index in [2.05, 4.69) is 33.7 Å². The number of aromatic nitrogens is 1. The van der Waals surface area contributed by atoms with Crippen LogP contribution in [0.3, 0.4) is 0 Å². The molecule has 5 rings (SSSR count). The lowest BCUT2D eigenvalue weighted by atomic mass is 9.78. The van der Waals surface area contributed by atoms with Gasteiger partial charge in [0.05, 0.1) is 11.6 Å². The van der Waals surface area contributed by atoms with Gasteiger partial charge in [-0.15, -0.1) is 0 Å². The largest absolute Gasteiger partial charge is 0.373 e. The molecule has 20 heavy (non-hydrogen) atoms. The molecule has 3 atom stereocenters. The molecule has 0 unspecified atom stereocenters. The van der Waals surface area contributed by atoms with Crippen molar-refractivity contribution in [3.63, 3.8) is 0 Å². The summed E-state index contributed by atoms with van der Waals surface area (Å²) in [6.07, 6.45) is 4.30. The van der Waals surface area contributed by atoms with E-state index in [9.17, 15) is 5.11 Å². The zero-order valence-corrected chi connectivity index (χ0v) is 11.6. The molecule has 0 amide bonds. The predicted molar refractivity (Wildman–Crippen MR) is 78.6 cm³/mol. The van der Waals surface area contributed by atoms with E-state index in [1.54, 1.807) is 0 Å². The summed E-state index contributed by atoms with van der Waals surface area (Å²) in [5, 5.41) is 12.0. The summed E-state index contributed by atoms with van der Waals surface area (Å²) >= 11 is 0. The standard InChI is InChI=1S/C17H20N2O/c20-15-10-11-4-3-8-18-9-7-13-12-5-1-2-6-14(12)19(15)17(13)16(11)18/h1-2,5-6,11,15-16,20H,3-4,7-10H2/t11-,15+,16+/m0/s1. The summed E-state index contributed by atoms with van der Waals surface area (Å²) < 4.78 is 2.24. The van der Waals surface area contributed by atoms with Gasteiger partial charge in [-0.2, -0.15) is 0 Å². The topological polar surface area (TPSA) is 28.4 Å². The third-order valence-corrected chi connectivity index (χ3v) is 5.66. The van der Waals surface area contributed by atoms with Crippen LogP contribution in [-0.2, 0) is 6.42 Å². The fraction of sp³-hybridized carbons (Fsp3) is 0.529. The second kappa shape index (κ2) is 3.86. The van der Waals surface area contributed by atoms with Crippen LogP contribution in [0, 0.1) is 5.92 Å². The van der Waals surface area contributed by atoms with Gasteiger partial charge in [-0.25, -0.2) is 0 Å². The van der Waals surface area contributed by atoms with Crippen molar-refractivity contribution in [2.75, 3.05) is 13.1 Å². The Balaban J connectivity index is 1.85. The van der Waals surface area contributed by atoms with Crippen molar-refractivity contribution in [2.24, 2.45) is 5.92 Å². The summed E-state index contributed by atoms with van der Waals surface area (Å²) in [6.45, 7) is 2.43. The molecule has 1 saturated heterocycles. The Kier molecular flexibility index (Phi) is 2.19. The molecule has 3 nitrogen and oxygen atoms in total. The first-order valence-corrected chi connectivity index (χ1v) is 7.88. The molecule has 0 aliphatic carbocycles. The van der Waals surface area contributed by atoms with Gasteiger partial charge in [0.15, 0.2) is 0 Å². The first kappa shape index (κ1) is 11.4. The summed E-state index contributed by atoms with van der Waals surface area (Å²) in [6, 6.07) is 9.18. The molecule has 3 aliphatic rings. The minimum Gasteiger partial charge on any atom is -0.373 e. The quantitative estimate of drug-likeness (QED) is 0.796. The highest BCUT2D eigenvalue weighted by Crippen LogP contribution is 2.50. The van der Waals surface area contributed by atoms with Crippen molar-refractivity contribution < 1.29 is 5.11 Å². The minimum atomic E-state index is -0.331. The summed E-state index contributed by atoms with van der Waals surface area (Å²) in [4.78, 5) is 2.66. The van der Waals surface area contributed by atoms with Gasteiger partial charge >= 0.3 is 0 Å². The maximum atomic E-state index is 10.7. The number of fused-ring (bicyclic) bond motifs is 3. The second-order valence-corrected chi connectivity index (χ2v) is 6.60. The van der Waals surface area contributed by atoms with Gasteiger partial charge in [-0.3, -0.25) is 4.90 Å². The fourth-order valence-electron chi connectivity index (χ4n) is 4.93. The highest BCUT2D eigenvalue weighted by Gasteiger charge is 2.44. The molecule has 0 spiro atoms. The Bertz CT molecular complexity index is 690. The zero-order chi connectivity index (χ0) is 13.3. The first-order chi connectivity index (χ1) is 9.84. The zero-order valence-electron chi connectivity index (χ0n) is 11.6. The highest BCUT2D eigenvalue weighted by molar-refractivity contribution is 5.86. The number of benzene rings is 1. The Hall–Kier alpha value is -1.32. The number of para-hydroxylation sites is 1. The van der Waals surface area contributed by atoms with Gasteiger partial charge in [0.25, 0.3) is 0 Å². The lowest BCUT2D eigenvalue weighted by Crippen LogP contribution is -2.47. The van der Waals surface area contributed by atoms with E-state index >= 15 is 0 Å². The van der Waals surface area contributed by atoms with Crippen molar-refractivity contribution in [3.8, 4) is 0 Å². The molecule has 3 aliphatic heterocycles. The van der Waals surface area contributed by atoms with E-state index in [1.165, 1.54) is 48.1 Å². The molecule has 1 fully saturated rings. The number of aliphatic hydroxyl groups excluding tert-OH is 1. The number of rotatable bonds is 0. The van der Waals surface area contributed by atoms with Gasteiger partial charge in [0, 0.05) is 17.6 Å². The summed E-state index contributed by atoms with van der Waals surface area (Å²) in [7, 11) is 0. The van der Waals surface area contributed by atoms with E-state index in [1.807, 2.05) is 0 Å². The molecule has 0 saturated carbocycles. The molecule has 2 aromatic rings. The van der Waals surface area contributed by atoms with Gasteiger partial charge in [0.1, 0.15) is 6.23 Å². The summed E-state index contributed by atoms with van der Waals surface area (Å²) in [5.41, 5.74) is 4.17. The minimum absolute atomic E-state index is 0.331. The van der Waals surface area contributed by atoms with Gasteiger partial charge in [0.2, 0.25) is 0 Å². The first-order valence-electron chi connectivity index (χ1n) is 7.88. The molecular formula is C17H20N2O. The van der Waals surface area contributed by atoms with Crippen molar-refractivity contribution in [1.82, 2.24) is 9.47 Å². The van der Waals surface area contributed by atoms with Crippen molar-refractivity contribution in [2.45, 2.75) is 38.0 Å². The van der Waals surface area contributed by atoms with E-state index in [0.717, 1.165) is 12.8 Å². The van der Waals surface area contributed by atoms with Crippen LogP contribution < -0.4 is 0 Å². The molecular weight excluding hydrogens is 248 g/mol. The maximum Gasteiger partial charge on any atom is 0.131 e. The lowest BCUT2D eigenvalue weighted by Gasteiger charge is -2.48. The van der Waals surface area contributed by atoms with Crippen LogP contribution in [0.4, 0.5) is 0 Å². The average molecular weight is 268 g/mol. The lowest BCUT2D eigenvalue weighted by molar-refractivity contribution is -0.0148. The van der Waals surface area contributed by atoms with Crippen LogP contribution in [0.15, 0.2) is 24.3 Å². The van der Waals surface area contributed by atoms with Crippen LogP contribution in [0.1, 0.15) is 42.8 Å². The van der Waals surface area contributed by atoms with Crippen molar-refractivity contribution >= 4 is 10.9 Å². The van der Waals surface area contributed by atoms with Gasteiger partial charge < -0.3 is 9.67 Å². The van der Waals surface area contributed by atoms with Crippen LogP contribution in [0.5, 0.6) is 0 Å². The molecule has 3 heteroatoms. The predicted octanol–water partition coefficient (Wildman–Crippen LogP) is 2.85. The SMILES string of the molecule is O[C@@H]1C[C@@H]2CCCN3CCc4c(n1c1ccccc41)[C@@H]23. The molecule has 1 aromatic carbocycles. The number of hydrogen-bond acceptors (Lipinski definition) is 2. The van der Waals surface area contributed by atoms with E-state index < -0.39 is 0 Å². The average Bonchev–Trinajstić information content (AvgIpc) is 2.82. The smallest absolute Gasteiger partial charge is 0.131 e. The molecule has 0 bridgehead atoms. The Labute approximate surface area is 118 Å². The molecule has 4 heterocycles. The van der Waals surface area contributed by atoms with E-state index in [0.29, 0.717) is 12.0 Å². The highest BCUT2D eigenvalue weighted by atomic mass is 16.3. The molecule has 1 aromatic heterocycles. The van der Waals surface area contributed by atoms with E-state index in [-0.39, 0.29) is 6.23 Å². The summed E-state index contributed by atoms with van der Waals surface area (Å²) in [5.74, 6) is 0.648. The number of hydrogen-bond donors (Lipinski definition) is 1. The van der Waals surface area contributed by atoms with Gasteiger partial charge in [-0.05, 0) is 49.8 Å². The third kappa shape index (κ3) is 1.28. The van der Waals surface area contributed by atoms with Crippen LogP contribution in [-0.4, -0.2) is 27.7 Å². The Morgan fingerprint density at radius 1 is 1.15 bits per heavy atom.